The van der Waals surface area contributed by atoms with E-state index in [1.165, 1.54) is 7.05 Å². The number of aromatic nitrogens is 2. The number of aromatic hydroxyl groups is 1. The van der Waals surface area contributed by atoms with Crippen LogP contribution in [0.1, 0.15) is 28.1 Å². The summed E-state index contributed by atoms with van der Waals surface area (Å²) < 4.78 is 55.1. The molecular formula is C23H19F4N3O2. The summed E-state index contributed by atoms with van der Waals surface area (Å²) in [5.74, 6) is -7.26. The van der Waals surface area contributed by atoms with E-state index in [9.17, 15) is 27.5 Å². The van der Waals surface area contributed by atoms with Crippen molar-refractivity contribution in [3.63, 3.8) is 0 Å². The van der Waals surface area contributed by atoms with Crippen molar-refractivity contribution in [1.82, 2.24) is 9.97 Å². The SMILES string of the molecule is Cc1nc2c(nc1N(C)C(=O)Cc1c(C)c(F)c(F)c(F)c1F)CCc1cc(O)ccc1-2. The van der Waals surface area contributed by atoms with Crippen LogP contribution in [0.15, 0.2) is 18.2 Å². The van der Waals surface area contributed by atoms with Crippen LogP contribution in [0.5, 0.6) is 5.75 Å². The van der Waals surface area contributed by atoms with Crippen LogP contribution in [0.25, 0.3) is 11.3 Å². The highest BCUT2D eigenvalue weighted by molar-refractivity contribution is 5.94. The quantitative estimate of drug-likeness (QED) is 0.370. The summed E-state index contributed by atoms with van der Waals surface area (Å²) in [4.78, 5) is 23.1. The molecule has 0 saturated heterocycles. The van der Waals surface area contributed by atoms with Gasteiger partial charge in [-0.3, -0.25) is 9.69 Å². The van der Waals surface area contributed by atoms with Gasteiger partial charge >= 0.3 is 0 Å². The fraction of sp³-hybridized carbons (Fsp3) is 0.261. The number of aryl methyl sites for hydroxylation is 3. The Morgan fingerprint density at radius 1 is 1.03 bits per heavy atom. The fourth-order valence-electron chi connectivity index (χ4n) is 3.91. The van der Waals surface area contributed by atoms with Gasteiger partial charge in [-0.05, 0) is 56.0 Å². The van der Waals surface area contributed by atoms with Crippen molar-refractivity contribution in [1.29, 1.82) is 0 Å². The van der Waals surface area contributed by atoms with Gasteiger partial charge in [0.25, 0.3) is 0 Å². The van der Waals surface area contributed by atoms with E-state index in [1.807, 2.05) is 0 Å². The van der Waals surface area contributed by atoms with Gasteiger partial charge in [-0.25, -0.2) is 27.5 Å². The van der Waals surface area contributed by atoms with Crippen LogP contribution >= 0.6 is 0 Å². The number of phenolic OH excluding ortho intramolecular Hbond substituents is 1. The summed E-state index contributed by atoms with van der Waals surface area (Å²) in [7, 11) is 1.41. The van der Waals surface area contributed by atoms with Gasteiger partial charge in [0, 0.05) is 18.2 Å². The average molecular weight is 445 g/mol. The minimum atomic E-state index is -1.95. The second kappa shape index (κ2) is 7.89. The number of fused-ring (bicyclic) bond motifs is 3. The summed E-state index contributed by atoms with van der Waals surface area (Å²) in [6, 6.07) is 5.00. The Labute approximate surface area is 181 Å². The van der Waals surface area contributed by atoms with Crippen molar-refractivity contribution in [2.45, 2.75) is 33.1 Å². The zero-order valence-corrected chi connectivity index (χ0v) is 17.6. The molecule has 4 rings (SSSR count). The smallest absolute Gasteiger partial charge is 0.232 e. The van der Waals surface area contributed by atoms with Gasteiger partial charge in [0.1, 0.15) is 5.75 Å². The topological polar surface area (TPSA) is 66.3 Å². The average Bonchev–Trinajstić information content (AvgIpc) is 2.78. The first-order valence-electron chi connectivity index (χ1n) is 9.87. The van der Waals surface area contributed by atoms with Crippen LogP contribution in [0.4, 0.5) is 23.4 Å². The van der Waals surface area contributed by atoms with E-state index in [0.29, 0.717) is 29.9 Å². The third kappa shape index (κ3) is 3.47. The van der Waals surface area contributed by atoms with E-state index >= 15 is 0 Å². The van der Waals surface area contributed by atoms with Crippen molar-refractivity contribution in [2.75, 3.05) is 11.9 Å². The molecule has 0 unspecified atom stereocenters. The third-order valence-electron chi connectivity index (χ3n) is 5.74. The number of nitrogens with zero attached hydrogens (tertiary/aromatic N) is 3. The first kappa shape index (κ1) is 21.7. The van der Waals surface area contributed by atoms with Crippen molar-refractivity contribution >= 4 is 11.7 Å². The van der Waals surface area contributed by atoms with Crippen LogP contribution in [0, 0.1) is 37.1 Å². The van der Waals surface area contributed by atoms with E-state index in [0.717, 1.165) is 23.0 Å². The van der Waals surface area contributed by atoms with Crippen molar-refractivity contribution in [3.8, 4) is 17.0 Å². The Morgan fingerprint density at radius 2 is 1.72 bits per heavy atom. The summed E-state index contributed by atoms with van der Waals surface area (Å²) in [5, 5.41) is 9.70. The Hall–Kier alpha value is -3.49. The van der Waals surface area contributed by atoms with Crippen LogP contribution in [0.3, 0.4) is 0 Å². The zero-order valence-electron chi connectivity index (χ0n) is 17.6. The zero-order chi connectivity index (χ0) is 23.3. The largest absolute Gasteiger partial charge is 0.508 e. The molecule has 0 aliphatic heterocycles. The minimum Gasteiger partial charge on any atom is -0.508 e. The van der Waals surface area contributed by atoms with Crippen molar-refractivity contribution < 1.29 is 27.5 Å². The number of carbonyl (C=O) groups excluding carboxylic acids is 1. The first-order chi connectivity index (χ1) is 15.1. The normalized spacial score (nSPS) is 12.3. The molecule has 1 aromatic heterocycles. The third-order valence-corrected chi connectivity index (χ3v) is 5.74. The number of phenols is 1. The number of rotatable bonds is 3. The lowest BCUT2D eigenvalue weighted by molar-refractivity contribution is -0.117. The first-order valence-corrected chi connectivity index (χ1v) is 9.87. The molecule has 9 heteroatoms. The summed E-state index contributed by atoms with van der Waals surface area (Å²) in [6.07, 6.45) is 0.489. The van der Waals surface area contributed by atoms with E-state index in [2.05, 4.69) is 9.97 Å². The number of hydrogen-bond acceptors (Lipinski definition) is 4. The highest BCUT2D eigenvalue weighted by Crippen LogP contribution is 2.35. The Kier molecular flexibility index (Phi) is 5.36. The lowest BCUT2D eigenvalue weighted by Gasteiger charge is -2.24. The maximum Gasteiger partial charge on any atom is 0.232 e. The molecule has 1 aliphatic rings. The Bertz CT molecular complexity index is 1250. The van der Waals surface area contributed by atoms with Crippen molar-refractivity contribution in [2.24, 2.45) is 0 Å². The molecule has 5 nitrogen and oxygen atoms in total. The van der Waals surface area contributed by atoms with Crippen molar-refractivity contribution in [3.05, 3.63) is 69.5 Å². The lowest BCUT2D eigenvalue weighted by Crippen LogP contribution is -2.31. The molecule has 0 atom stereocenters. The number of hydrogen-bond donors (Lipinski definition) is 1. The van der Waals surface area contributed by atoms with Crippen LogP contribution in [-0.4, -0.2) is 28.0 Å². The van der Waals surface area contributed by atoms with E-state index in [4.69, 9.17) is 0 Å². The molecule has 32 heavy (non-hydrogen) atoms. The molecular weight excluding hydrogens is 426 g/mol. The van der Waals surface area contributed by atoms with Gasteiger partial charge in [0.05, 0.1) is 23.5 Å². The molecule has 3 aromatic rings. The molecule has 1 heterocycles. The Balaban J connectivity index is 1.67. The number of anilines is 1. The molecule has 166 valence electrons. The molecule has 0 spiro atoms. The van der Waals surface area contributed by atoms with E-state index in [-0.39, 0.29) is 11.6 Å². The van der Waals surface area contributed by atoms with Gasteiger partial charge in [-0.1, -0.05) is 0 Å². The number of carbonyl (C=O) groups is 1. The van der Waals surface area contributed by atoms with Gasteiger partial charge < -0.3 is 5.11 Å². The number of likely N-dealkylation sites (N-methyl/N-ethyl adjacent to an activating group) is 1. The second-order valence-corrected chi connectivity index (χ2v) is 7.76. The fourth-order valence-corrected chi connectivity index (χ4v) is 3.91. The van der Waals surface area contributed by atoms with Gasteiger partial charge in [0.2, 0.25) is 5.91 Å². The highest BCUT2D eigenvalue weighted by atomic mass is 19.2. The molecule has 1 N–H and O–H groups in total. The van der Waals surface area contributed by atoms with Gasteiger partial charge in [-0.2, -0.15) is 0 Å². The highest BCUT2D eigenvalue weighted by Gasteiger charge is 2.27. The molecule has 0 radical (unpaired) electrons. The standard InChI is InChI=1S/C23H19F4N3O2/c1-10-15(19(25)21(27)20(26)18(10)24)9-17(32)30(3)23-11(2)28-22-14-6-5-13(31)8-12(14)4-7-16(22)29-23/h5-6,8,31H,4,7,9H2,1-3H3. The number of amides is 1. The molecule has 1 amide bonds. The Morgan fingerprint density at radius 3 is 2.44 bits per heavy atom. The number of benzene rings is 2. The molecule has 0 fully saturated rings. The monoisotopic (exact) mass is 445 g/mol. The molecule has 2 aromatic carbocycles. The molecule has 1 aliphatic carbocycles. The van der Waals surface area contributed by atoms with E-state index in [1.54, 1.807) is 25.1 Å². The molecule has 0 bridgehead atoms. The van der Waals surface area contributed by atoms with Gasteiger partial charge in [-0.15, -0.1) is 0 Å². The van der Waals surface area contributed by atoms with Crippen LogP contribution in [0.2, 0.25) is 0 Å². The maximum absolute atomic E-state index is 14.2. The lowest BCUT2D eigenvalue weighted by atomic mass is 9.91. The predicted molar refractivity (Wildman–Crippen MR) is 109 cm³/mol. The second-order valence-electron chi connectivity index (χ2n) is 7.76. The van der Waals surface area contributed by atoms with Gasteiger partial charge in [0.15, 0.2) is 29.1 Å². The van der Waals surface area contributed by atoms with Crippen LogP contribution in [-0.2, 0) is 24.1 Å². The summed E-state index contributed by atoms with van der Waals surface area (Å²) >= 11 is 0. The molecule has 0 saturated carbocycles. The number of halogens is 4. The van der Waals surface area contributed by atoms with E-state index < -0.39 is 46.7 Å². The van der Waals surface area contributed by atoms with Crippen LogP contribution < -0.4 is 4.90 Å². The predicted octanol–water partition coefficient (Wildman–Crippen LogP) is 4.33. The summed E-state index contributed by atoms with van der Waals surface area (Å²) in [5.41, 5.74) is 2.51. The summed E-state index contributed by atoms with van der Waals surface area (Å²) in [6.45, 7) is 2.74. The minimum absolute atomic E-state index is 0.162. The maximum atomic E-state index is 14.2.